The first-order chi connectivity index (χ1) is 7.31. The third kappa shape index (κ3) is 3.60. The summed E-state index contributed by atoms with van der Waals surface area (Å²) in [5.41, 5.74) is 5.40. The normalized spacial score (nSPS) is 13.0. The Kier molecular flexibility index (Phi) is 5.28. The maximum absolute atomic E-state index is 5.40. The van der Waals surface area contributed by atoms with E-state index in [1.54, 1.807) is 7.11 Å². The van der Waals surface area contributed by atoms with Gasteiger partial charge in [0.2, 0.25) is 11.7 Å². The third-order valence-corrected chi connectivity index (χ3v) is 2.27. The maximum atomic E-state index is 5.40. The van der Waals surface area contributed by atoms with Crippen molar-refractivity contribution in [3.8, 4) is 0 Å². The molecule has 0 saturated heterocycles. The maximum Gasteiger partial charge on any atom is 0.226 e. The van der Waals surface area contributed by atoms with Gasteiger partial charge in [0, 0.05) is 13.5 Å². The van der Waals surface area contributed by atoms with E-state index in [1.165, 1.54) is 0 Å². The SMILES string of the molecule is CCC(OC)c1noc(CCCCN)n1. The first-order valence-electron chi connectivity index (χ1n) is 5.37. The summed E-state index contributed by atoms with van der Waals surface area (Å²) in [5, 5.41) is 3.89. The van der Waals surface area contributed by atoms with Crippen molar-refractivity contribution in [3.63, 3.8) is 0 Å². The van der Waals surface area contributed by atoms with Gasteiger partial charge in [-0.3, -0.25) is 0 Å². The van der Waals surface area contributed by atoms with E-state index in [0.717, 1.165) is 25.7 Å². The number of aromatic nitrogens is 2. The van der Waals surface area contributed by atoms with Gasteiger partial charge in [-0.1, -0.05) is 12.1 Å². The van der Waals surface area contributed by atoms with Crippen LogP contribution < -0.4 is 5.73 Å². The molecule has 0 radical (unpaired) electrons. The zero-order valence-electron chi connectivity index (χ0n) is 9.40. The van der Waals surface area contributed by atoms with E-state index in [9.17, 15) is 0 Å². The lowest BCUT2D eigenvalue weighted by Gasteiger charge is -2.05. The molecule has 1 rings (SSSR count). The standard InChI is InChI=1S/C10H19N3O2/c1-3-8(14-2)10-12-9(15-13-10)6-4-5-7-11/h8H,3-7,11H2,1-2H3. The molecule has 0 aliphatic carbocycles. The lowest BCUT2D eigenvalue weighted by Crippen LogP contribution is -2.02. The third-order valence-electron chi connectivity index (χ3n) is 2.27. The van der Waals surface area contributed by atoms with Crippen LogP contribution in [0.4, 0.5) is 0 Å². The molecule has 1 aromatic rings. The largest absolute Gasteiger partial charge is 0.373 e. The molecule has 5 heteroatoms. The summed E-state index contributed by atoms with van der Waals surface area (Å²) in [4.78, 5) is 4.28. The van der Waals surface area contributed by atoms with Gasteiger partial charge in [0.05, 0.1) is 0 Å². The van der Waals surface area contributed by atoms with Gasteiger partial charge < -0.3 is 15.0 Å². The lowest BCUT2D eigenvalue weighted by atomic mass is 10.2. The number of hydrogen-bond donors (Lipinski definition) is 1. The van der Waals surface area contributed by atoms with Crippen LogP contribution >= 0.6 is 0 Å². The summed E-state index contributed by atoms with van der Waals surface area (Å²) < 4.78 is 10.3. The zero-order valence-corrected chi connectivity index (χ0v) is 9.40. The minimum absolute atomic E-state index is 0.0583. The smallest absolute Gasteiger partial charge is 0.226 e. The summed E-state index contributed by atoms with van der Waals surface area (Å²) in [6.45, 7) is 2.73. The minimum Gasteiger partial charge on any atom is -0.373 e. The van der Waals surface area contributed by atoms with Gasteiger partial charge in [-0.05, 0) is 25.8 Å². The lowest BCUT2D eigenvalue weighted by molar-refractivity contribution is 0.0903. The molecule has 1 unspecified atom stereocenters. The molecule has 0 aliphatic rings. The summed E-state index contributed by atoms with van der Waals surface area (Å²) in [6.07, 6.45) is 3.56. The highest BCUT2D eigenvalue weighted by molar-refractivity contribution is 4.91. The predicted molar refractivity (Wildman–Crippen MR) is 56.3 cm³/mol. The van der Waals surface area contributed by atoms with E-state index in [-0.39, 0.29) is 6.10 Å². The highest BCUT2D eigenvalue weighted by Gasteiger charge is 2.15. The molecule has 1 aromatic heterocycles. The number of nitrogens with two attached hydrogens (primary N) is 1. The zero-order chi connectivity index (χ0) is 11.1. The van der Waals surface area contributed by atoms with E-state index in [1.807, 2.05) is 6.92 Å². The predicted octanol–water partition coefficient (Wildman–Crippen LogP) is 1.45. The second-order valence-electron chi connectivity index (χ2n) is 3.42. The van der Waals surface area contributed by atoms with Crippen LogP contribution in [-0.2, 0) is 11.2 Å². The van der Waals surface area contributed by atoms with E-state index in [0.29, 0.717) is 18.3 Å². The number of hydrogen-bond acceptors (Lipinski definition) is 5. The average molecular weight is 213 g/mol. The van der Waals surface area contributed by atoms with Crippen molar-refractivity contribution in [1.82, 2.24) is 10.1 Å². The minimum atomic E-state index is -0.0583. The Balaban J connectivity index is 2.47. The number of nitrogens with zero attached hydrogens (tertiary/aromatic N) is 2. The Morgan fingerprint density at radius 3 is 2.87 bits per heavy atom. The Labute approximate surface area is 90.0 Å². The van der Waals surface area contributed by atoms with Crippen molar-refractivity contribution in [2.24, 2.45) is 5.73 Å². The van der Waals surface area contributed by atoms with Gasteiger partial charge in [-0.2, -0.15) is 4.98 Å². The molecule has 2 N–H and O–H groups in total. The first-order valence-corrected chi connectivity index (χ1v) is 5.37. The molecule has 86 valence electrons. The van der Waals surface area contributed by atoms with Crippen molar-refractivity contribution in [2.75, 3.05) is 13.7 Å². The van der Waals surface area contributed by atoms with Crippen LogP contribution in [0.2, 0.25) is 0 Å². The Morgan fingerprint density at radius 2 is 2.27 bits per heavy atom. The number of aryl methyl sites for hydroxylation is 1. The summed E-state index contributed by atoms with van der Waals surface area (Å²) in [6, 6.07) is 0. The Bertz CT molecular complexity index is 271. The van der Waals surface area contributed by atoms with E-state index in [4.69, 9.17) is 15.0 Å². The number of methoxy groups -OCH3 is 1. The van der Waals surface area contributed by atoms with E-state index in [2.05, 4.69) is 10.1 Å². The molecule has 5 nitrogen and oxygen atoms in total. The summed E-state index contributed by atoms with van der Waals surface area (Å²) in [7, 11) is 1.65. The number of ether oxygens (including phenoxy) is 1. The first kappa shape index (κ1) is 12.1. The van der Waals surface area contributed by atoms with Gasteiger partial charge in [0.25, 0.3) is 0 Å². The molecule has 0 amide bonds. The Hall–Kier alpha value is -0.940. The van der Waals surface area contributed by atoms with Crippen molar-refractivity contribution in [1.29, 1.82) is 0 Å². The van der Waals surface area contributed by atoms with Crippen molar-refractivity contribution in [2.45, 2.75) is 38.7 Å². The van der Waals surface area contributed by atoms with Crippen molar-refractivity contribution in [3.05, 3.63) is 11.7 Å². The fourth-order valence-electron chi connectivity index (χ4n) is 1.38. The van der Waals surface area contributed by atoms with Crippen LogP contribution in [0.25, 0.3) is 0 Å². The second-order valence-corrected chi connectivity index (χ2v) is 3.42. The molecule has 0 aliphatic heterocycles. The molecule has 1 atom stereocenters. The van der Waals surface area contributed by atoms with Crippen LogP contribution in [0.5, 0.6) is 0 Å². The quantitative estimate of drug-likeness (QED) is 0.694. The topological polar surface area (TPSA) is 74.2 Å². The fraction of sp³-hybridized carbons (Fsp3) is 0.800. The summed E-state index contributed by atoms with van der Waals surface area (Å²) >= 11 is 0. The van der Waals surface area contributed by atoms with Crippen LogP contribution in [0.15, 0.2) is 4.52 Å². The highest BCUT2D eigenvalue weighted by Crippen LogP contribution is 2.16. The Morgan fingerprint density at radius 1 is 1.47 bits per heavy atom. The van der Waals surface area contributed by atoms with Gasteiger partial charge in [0.15, 0.2) is 0 Å². The van der Waals surface area contributed by atoms with Gasteiger partial charge >= 0.3 is 0 Å². The molecule has 0 spiro atoms. The van der Waals surface area contributed by atoms with E-state index < -0.39 is 0 Å². The van der Waals surface area contributed by atoms with Crippen LogP contribution in [-0.4, -0.2) is 23.8 Å². The molecular formula is C10H19N3O2. The molecule has 1 heterocycles. The highest BCUT2D eigenvalue weighted by atomic mass is 16.5. The molecule has 0 fully saturated rings. The number of rotatable bonds is 7. The van der Waals surface area contributed by atoms with E-state index >= 15 is 0 Å². The monoisotopic (exact) mass is 213 g/mol. The van der Waals surface area contributed by atoms with Crippen molar-refractivity contribution < 1.29 is 9.26 Å². The van der Waals surface area contributed by atoms with Crippen LogP contribution in [0.3, 0.4) is 0 Å². The van der Waals surface area contributed by atoms with Crippen LogP contribution in [0.1, 0.15) is 44.0 Å². The molecule has 15 heavy (non-hydrogen) atoms. The van der Waals surface area contributed by atoms with Crippen molar-refractivity contribution >= 4 is 0 Å². The average Bonchev–Trinajstić information content (AvgIpc) is 2.69. The molecule has 0 bridgehead atoms. The molecule has 0 aromatic carbocycles. The van der Waals surface area contributed by atoms with Gasteiger partial charge in [0.1, 0.15) is 6.10 Å². The molecule has 0 saturated carbocycles. The number of unbranched alkanes of at least 4 members (excludes halogenated alkanes) is 1. The van der Waals surface area contributed by atoms with Crippen LogP contribution in [0, 0.1) is 0 Å². The second kappa shape index (κ2) is 6.53. The van der Waals surface area contributed by atoms with Gasteiger partial charge in [-0.25, -0.2) is 0 Å². The van der Waals surface area contributed by atoms with Gasteiger partial charge in [-0.15, -0.1) is 0 Å². The fourth-order valence-corrected chi connectivity index (χ4v) is 1.38. The summed E-state index contributed by atoms with van der Waals surface area (Å²) in [5.74, 6) is 1.32. The molecular weight excluding hydrogens is 194 g/mol.